The molecule has 15 heavy (non-hydrogen) atoms. The van der Waals surface area contributed by atoms with Crippen molar-refractivity contribution in [1.82, 2.24) is 5.32 Å². The van der Waals surface area contributed by atoms with Crippen molar-refractivity contribution in [1.29, 1.82) is 0 Å². The van der Waals surface area contributed by atoms with E-state index < -0.39 is 9.84 Å². The summed E-state index contributed by atoms with van der Waals surface area (Å²) >= 11 is 4.96. The Hall–Kier alpha value is -0.360. The van der Waals surface area contributed by atoms with Gasteiger partial charge < -0.3 is 10.1 Å². The van der Waals surface area contributed by atoms with Crippen LogP contribution in [0.3, 0.4) is 0 Å². The normalized spacial score (nSPS) is 24.1. The van der Waals surface area contributed by atoms with Crippen LogP contribution in [-0.2, 0) is 14.6 Å². The highest BCUT2D eigenvalue weighted by molar-refractivity contribution is 7.91. The molecule has 88 valence electrons. The lowest BCUT2D eigenvalue weighted by Gasteiger charge is -2.14. The summed E-state index contributed by atoms with van der Waals surface area (Å²) in [7, 11) is -2.85. The van der Waals surface area contributed by atoms with Gasteiger partial charge in [0.2, 0.25) is 0 Å². The molecule has 6 heteroatoms. The van der Waals surface area contributed by atoms with E-state index in [2.05, 4.69) is 5.32 Å². The third-order valence-electron chi connectivity index (χ3n) is 2.10. The quantitative estimate of drug-likeness (QED) is 0.749. The molecule has 0 saturated carbocycles. The fourth-order valence-electron chi connectivity index (χ4n) is 1.36. The van der Waals surface area contributed by atoms with Crippen molar-refractivity contribution < 1.29 is 13.2 Å². The van der Waals surface area contributed by atoms with Crippen molar-refractivity contribution in [2.45, 2.75) is 26.3 Å². The van der Waals surface area contributed by atoms with E-state index >= 15 is 0 Å². The van der Waals surface area contributed by atoms with Crippen LogP contribution in [-0.4, -0.2) is 37.7 Å². The van der Waals surface area contributed by atoms with Gasteiger partial charge in [0.1, 0.15) is 0 Å². The van der Waals surface area contributed by atoms with Gasteiger partial charge in [-0.1, -0.05) is 13.8 Å². The molecule has 4 nitrogen and oxygen atoms in total. The average molecular weight is 251 g/mol. The van der Waals surface area contributed by atoms with Crippen molar-refractivity contribution in [2.75, 3.05) is 18.1 Å². The van der Waals surface area contributed by atoms with Gasteiger partial charge in [-0.25, -0.2) is 8.42 Å². The first-order valence-electron chi connectivity index (χ1n) is 5.03. The molecule has 1 aliphatic heterocycles. The van der Waals surface area contributed by atoms with E-state index in [1.807, 2.05) is 13.8 Å². The molecule has 0 amide bonds. The maximum absolute atomic E-state index is 11.2. The third kappa shape index (κ3) is 4.79. The number of rotatable bonds is 3. The summed E-state index contributed by atoms with van der Waals surface area (Å²) in [6.07, 6.45) is 0.619. The number of hydrogen-bond acceptors (Lipinski definition) is 4. The molecule has 1 rings (SSSR count). The van der Waals surface area contributed by atoms with Gasteiger partial charge >= 0.3 is 0 Å². The topological polar surface area (TPSA) is 55.4 Å². The first-order valence-corrected chi connectivity index (χ1v) is 7.26. The molecule has 0 aromatic heterocycles. The Morgan fingerprint density at radius 2 is 2.27 bits per heavy atom. The molecular weight excluding hydrogens is 234 g/mol. The Morgan fingerprint density at radius 3 is 2.73 bits per heavy atom. The third-order valence-corrected chi connectivity index (χ3v) is 4.11. The smallest absolute Gasteiger partial charge is 0.256 e. The molecule has 0 aromatic carbocycles. The number of hydrogen-bond donors (Lipinski definition) is 1. The Kier molecular flexibility index (Phi) is 4.33. The van der Waals surface area contributed by atoms with Crippen molar-refractivity contribution in [3.63, 3.8) is 0 Å². The zero-order valence-electron chi connectivity index (χ0n) is 9.02. The van der Waals surface area contributed by atoms with Crippen LogP contribution in [0.15, 0.2) is 0 Å². The second-order valence-corrected chi connectivity index (χ2v) is 6.84. The molecule has 1 unspecified atom stereocenters. The van der Waals surface area contributed by atoms with Crippen molar-refractivity contribution in [2.24, 2.45) is 5.92 Å². The first kappa shape index (κ1) is 12.7. The highest BCUT2D eigenvalue weighted by Gasteiger charge is 2.28. The van der Waals surface area contributed by atoms with Crippen LogP contribution in [0, 0.1) is 5.92 Å². The van der Waals surface area contributed by atoms with Gasteiger partial charge in [0.05, 0.1) is 18.1 Å². The fraction of sp³-hybridized carbons (Fsp3) is 0.889. The molecule has 1 heterocycles. The largest absolute Gasteiger partial charge is 0.471 e. The van der Waals surface area contributed by atoms with Crippen LogP contribution in [0.1, 0.15) is 20.3 Å². The van der Waals surface area contributed by atoms with E-state index in [-0.39, 0.29) is 17.5 Å². The van der Waals surface area contributed by atoms with E-state index in [1.165, 1.54) is 0 Å². The summed E-state index contributed by atoms with van der Waals surface area (Å²) in [5, 5.41) is 3.23. The van der Waals surface area contributed by atoms with Gasteiger partial charge in [0.15, 0.2) is 9.84 Å². The lowest BCUT2D eigenvalue weighted by molar-refractivity contribution is 0.251. The summed E-state index contributed by atoms with van der Waals surface area (Å²) in [4.78, 5) is 0. The van der Waals surface area contributed by atoms with Crippen LogP contribution in [0.4, 0.5) is 0 Å². The predicted molar refractivity (Wildman–Crippen MR) is 63.6 cm³/mol. The molecule has 1 atom stereocenters. The maximum atomic E-state index is 11.2. The predicted octanol–water partition coefficient (Wildman–Crippen LogP) is 0.721. The van der Waals surface area contributed by atoms with E-state index in [9.17, 15) is 8.42 Å². The summed E-state index contributed by atoms with van der Waals surface area (Å²) in [5.74, 6) is 0.826. The summed E-state index contributed by atoms with van der Waals surface area (Å²) in [5.41, 5.74) is 0. The van der Waals surface area contributed by atoms with Crippen molar-refractivity contribution in [3.05, 3.63) is 0 Å². The lowest BCUT2D eigenvalue weighted by atomic mass is 10.2. The molecular formula is C9H17NO3S2. The molecule has 0 spiro atoms. The minimum atomic E-state index is -2.85. The molecule has 1 aliphatic rings. The van der Waals surface area contributed by atoms with Crippen molar-refractivity contribution >= 4 is 27.2 Å². The van der Waals surface area contributed by atoms with Crippen LogP contribution in [0.5, 0.6) is 0 Å². The summed E-state index contributed by atoms with van der Waals surface area (Å²) < 4.78 is 27.6. The summed E-state index contributed by atoms with van der Waals surface area (Å²) in [6.45, 7) is 4.62. The molecule has 1 saturated heterocycles. The van der Waals surface area contributed by atoms with E-state index in [0.29, 0.717) is 24.1 Å². The Labute approximate surface area is 96.3 Å². The molecule has 1 N–H and O–H groups in total. The average Bonchev–Trinajstić information content (AvgIpc) is 2.42. The number of ether oxygens (including phenoxy) is 1. The Balaban J connectivity index is 2.28. The highest BCUT2D eigenvalue weighted by Crippen LogP contribution is 2.11. The van der Waals surface area contributed by atoms with Crippen LogP contribution >= 0.6 is 12.2 Å². The minimum Gasteiger partial charge on any atom is -0.471 e. The molecule has 1 fully saturated rings. The van der Waals surface area contributed by atoms with E-state index in [0.717, 1.165) is 0 Å². The standard InChI is InChI=1S/C9H17NO3S2/c1-7(2)5-13-9(14)10-8-3-4-15(11,12)6-8/h7-8H,3-6H2,1-2H3,(H,10,14). The van der Waals surface area contributed by atoms with Crippen LogP contribution < -0.4 is 5.32 Å². The number of nitrogens with one attached hydrogen (secondary N) is 1. The second-order valence-electron chi connectivity index (χ2n) is 4.24. The maximum Gasteiger partial charge on any atom is 0.256 e. The SMILES string of the molecule is CC(C)COC(=S)NC1CCS(=O)(=O)C1. The number of sulfone groups is 1. The zero-order valence-corrected chi connectivity index (χ0v) is 10.7. The van der Waals surface area contributed by atoms with Gasteiger partial charge in [0, 0.05) is 6.04 Å². The fourth-order valence-corrected chi connectivity index (χ4v) is 3.27. The monoisotopic (exact) mass is 251 g/mol. The Morgan fingerprint density at radius 1 is 1.60 bits per heavy atom. The van der Waals surface area contributed by atoms with Crippen LogP contribution in [0.2, 0.25) is 0 Å². The van der Waals surface area contributed by atoms with Gasteiger partial charge in [-0.15, -0.1) is 0 Å². The van der Waals surface area contributed by atoms with E-state index in [1.54, 1.807) is 0 Å². The molecule has 0 aliphatic carbocycles. The van der Waals surface area contributed by atoms with Gasteiger partial charge in [0.25, 0.3) is 5.17 Å². The van der Waals surface area contributed by atoms with Gasteiger partial charge in [-0.05, 0) is 24.6 Å². The zero-order chi connectivity index (χ0) is 11.5. The van der Waals surface area contributed by atoms with E-state index in [4.69, 9.17) is 17.0 Å². The highest BCUT2D eigenvalue weighted by atomic mass is 32.2. The molecule has 0 radical (unpaired) electrons. The summed E-state index contributed by atoms with van der Waals surface area (Å²) in [6, 6.07) is -0.0744. The second kappa shape index (κ2) is 5.12. The van der Waals surface area contributed by atoms with Crippen LogP contribution in [0.25, 0.3) is 0 Å². The number of thiocarbonyl (C=S) groups is 1. The van der Waals surface area contributed by atoms with Gasteiger partial charge in [-0.3, -0.25) is 0 Å². The molecule has 0 aromatic rings. The molecule has 0 bridgehead atoms. The van der Waals surface area contributed by atoms with Crippen molar-refractivity contribution in [3.8, 4) is 0 Å². The first-order chi connectivity index (χ1) is 6.89. The van der Waals surface area contributed by atoms with Gasteiger partial charge in [-0.2, -0.15) is 0 Å². The minimum absolute atomic E-state index is 0.0744. The lowest BCUT2D eigenvalue weighted by Crippen LogP contribution is -2.36. The Bertz CT molecular complexity index is 324.